The minimum Gasteiger partial charge on any atom is -0.477 e. The molecule has 0 aromatic carbocycles. The predicted molar refractivity (Wildman–Crippen MR) is 68.1 cm³/mol. The zero-order valence-corrected chi connectivity index (χ0v) is 11.3. The number of carbonyl (C=O) groups is 2. The molecule has 0 saturated carbocycles. The number of H-pyrrole nitrogens is 1. The maximum Gasteiger partial charge on any atom is 0.410 e. The molecule has 6 heteroatoms. The normalized spacial score (nSPS) is 15.0. The van der Waals surface area contributed by atoms with Gasteiger partial charge in [-0.2, -0.15) is 0 Å². The summed E-state index contributed by atoms with van der Waals surface area (Å²) in [6, 6.07) is 1.63. The number of hydrogen-bond acceptors (Lipinski definition) is 3. The second-order valence-electron chi connectivity index (χ2n) is 5.64. The number of nitrogens with one attached hydrogen (secondary N) is 1. The minimum absolute atomic E-state index is 0.163. The number of aromatic carboxylic acids is 1. The minimum atomic E-state index is -0.988. The Morgan fingerprint density at radius 1 is 1.42 bits per heavy atom. The number of nitrogens with zero attached hydrogens (tertiary/aromatic N) is 1. The van der Waals surface area contributed by atoms with E-state index in [-0.39, 0.29) is 11.8 Å². The number of carboxylic acid groups (broad SMARTS) is 1. The monoisotopic (exact) mass is 266 g/mol. The van der Waals surface area contributed by atoms with E-state index in [0.717, 1.165) is 11.3 Å². The molecule has 2 heterocycles. The second-order valence-corrected chi connectivity index (χ2v) is 5.64. The quantitative estimate of drug-likeness (QED) is 0.814. The van der Waals surface area contributed by atoms with E-state index in [1.54, 1.807) is 11.0 Å². The highest BCUT2D eigenvalue weighted by Crippen LogP contribution is 2.21. The van der Waals surface area contributed by atoms with Gasteiger partial charge in [-0.25, -0.2) is 9.59 Å². The molecular formula is C13H18N2O4. The molecule has 104 valence electrons. The van der Waals surface area contributed by atoms with Gasteiger partial charge in [0.25, 0.3) is 0 Å². The molecule has 0 unspecified atom stereocenters. The number of aromatic nitrogens is 1. The fourth-order valence-electron chi connectivity index (χ4n) is 2.03. The summed E-state index contributed by atoms with van der Waals surface area (Å²) >= 11 is 0. The molecule has 1 amide bonds. The average molecular weight is 266 g/mol. The van der Waals surface area contributed by atoms with Gasteiger partial charge in [-0.05, 0) is 38.8 Å². The average Bonchev–Trinajstić information content (AvgIpc) is 2.69. The van der Waals surface area contributed by atoms with Crippen LogP contribution in [0, 0.1) is 0 Å². The third-order valence-electron chi connectivity index (χ3n) is 2.87. The Bertz CT molecular complexity index is 513. The van der Waals surface area contributed by atoms with E-state index in [1.807, 2.05) is 20.8 Å². The Kier molecular flexibility index (Phi) is 3.26. The van der Waals surface area contributed by atoms with E-state index in [0.29, 0.717) is 19.5 Å². The zero-order chi connectivity index (χ0) is 14.2. The molecule has 0 spiro atoms. The lowest BCUT2D eigenvalue weighted by atomic mass is 10.1. The van der Waals surface area contributed by atoms with Crippen molar-refractivity contribution in [2.45, 2.75) is 39.3 Å². The van der Waals surface area contributed by atoms with Gasteiger partial charge in [0.05, 0.1) is 6.54 Å². The molecule has 0 aliphatic carbocycles. The van der Waals surface area contributed by atoms with Gasteiger partial charge in [0.1, 0.15) is 11.3 Å². The summed E-state index contributed by atoms with van der Waals surface area (Å²) < 4.78 is 5.30. The lowest BCUT2D eigenvalue weighted by Gasteiger charge is -2.29. The molecule has 2 N–H and O–H groups in total. The number of carboxylic acids is 1. The van der Waals surface area contributed by atoms with Crippen LogP contribution in [0.2, 0.25) is 0 Å². The van der Waals surface area contributed by atoms with Crippen LogP contribution in [-0.2, 0) is 17.7 Å². The van der Waals surface area contributed by atoms with Crippen LogP contribution in [0.4, 0.5) is 4.79 Å². The number of ether oxygens (including phenoxy) is 1. The number of amides is 1. The molecule has 1 aromatic heterocycles. The van der Waals surface area contributed by atoms with Gasteiger partial charge >= 0.3 is 12.1 Å². The van der Waals surface area contributed by atoms with E-state index in [9.17, 15) is 9.59 Å². The Hall–Kier alpha value is -1.98. The molecule has 0 fully saturated rings. The third-order valence-corrected chi connectivity index (χ3v) is 2.87. The van der Waals surface area contributed by atoms with E-state index in [4.69, 9.17) is 9.84 Å². The first kappa shape index (κ1) is 13.5. The number of aromatic amines is 1. The van der Waals surface area contributed by atoms with Crippen LogP contribution < -0.4 is 0 Å². The van der Waals surface area contributed by atoms with E-state index in [1.165, 1.54) is 0 Å². The Morgan fingerprint density at radius 3 is 2.68 bits per heavy atom. The first-order valence-electron chi connectivity index (χ1n) is 6.18. The molecule has 1 aromatic rings. The highest BCUT2D eigenvalue weighted by Gasteiger charge is 2.27. The van der Waals surface area contributed by atoms with Crippen molar-refractivity contribution in [2.24, 2.45) is 0 Å². The molecule has 1 aliphatic heterocycles. The summed E-state index contributed by atoms with van der Waals surface area (Å²) in [5.41, 5.74) is 1.36. The van der Waals surface area contributed by atoms with Crippen molar-refractivity contribution in [3.8, 4) is 0 Å². The van der Waals surface area contributed by atoms with E-state index >= 15 is 0 Å². The first-order valence-corrected chi connectivity index (χ1v) is 6.18. The van der Waals surface area contributed by atoms with Crippen LogP contribution in [0.1, 0.15) is 42.5 Å². The van der Waals surface area contributed by atoms with E-state index in [2.05, 4.69) is 4.98 Å². The largest absolute Gasteiger partial charge is 0.477 e. The molecule has 1 aliphatic rings. The van der Waals surface area contributed by atoms with Crippen LogP contribution in [-0.4, -0.2) is 39.2 Å². The first-order chi connectivity index (χ1) is 8.76. The number of hydrogen-bond donors (Lipinski definition) is 2. The lowest BCUT2D eigenvalue weighted by molar-refractivity contribution is 0.0221. The summed E-state index contributed by atoms with van der Waals surface area (Å²) in [5, 5.41) is 8.93. The number of fused-ring (bicyclic) bond motifs is 1. The zero-order valence-electron chi connectivity index (χ0n) is 11.3. The second kappa shape index (κ2) is 4.60. The molecule has 6 nitrogen and oxygen atoms in total. The van der Waals surface area contributed by atoms with Crippen LogP contribution in [0.3, 0.4) is 0 Å². The molecule has 2 rings (SSSR count). The van der Waals surface area contributed by atoms with Gasteiger partial charge in [0, 0.05) is 12.2 Å². The van der Waals surface area contributed by atoms with Crippen LogP contribution in [0.15, 0.2) is 6.07 Å². The standard InChI is InChI=1S/C13H18N2O4/c1-13(2,3)19-12(18)15-5-4-8-6-9(11(16)17)14-10(8)7-15/h6,14H,4-5,7H2,1-3H3,(H,16,17). The van der Waals surface area contributed by atoms with Gasteiger partial charge in [0.2, 0.25) is 0 Å². The number of rotatable bonds is 1. The summed E-state index contributed by atoms with van der Waals surface area (Å²) in [7, 11) is 0. The highest BCUT2D eigenvalue weighted by atomic mass is 16.6. The molecular weight excluding hydrogens is 248 g/mol. The topological polar surface area (TPSA) is 82.6 Å². The molecule has 0 bridgehead atoms. The summed E-state index contributed by atoms with van der Waals surface area (Å²) in [6.07, 6.45) is 0.267. The highest BCUT2D eigenvalue weighted by molar-refractivity contribution is 5.86. The molecule has 0 atom stereocenters. The van der Waals surface area contributed by atoms with Crippen molar-refractivity contribution in [3.05, 3.63) is 23.0 Å². The summed E-state index contributed by atoms with van der Waals surface area (Å²) in [5.74, 6) is -0.988. The van der Waals surface area contributed by atoms with Gasteiger partial charge in [-0.3, -0.25) is 0 Å². The molecule has 0 saturated heterocycles. The van der Waals surface area contributed by atoms with Crippen LogP contribution in [0.5, 0.6) is 0 Å². The van der Waals surface area contributed by atoms with Crippen molar-refractivity contribution in [1.29, 1.82) is 0 Å². The van der Waals surface area contributed by atoms with Crippen LogP contribution in [0.25, 0.3) is 0 Å². The van der Waals surface area contributed by atoms with Gasteiger partial charge in [0.15, 0.2) is 0 Å². The van der Waals surface area contributed by atoms with Gasteiger partial charge < -0.3 is 19.7 Å². The summed E-state index contributed by atoms with van der Waals surface area (Å²) in [6.45, 7) is 6.35. The SMILES string of the molecule is CC(C)(C)OC(=O)N1CCc2cc(C(=O)O)[nH]c2C1. The van der Waals surface area contributed by atoms with Crippen molar-refractivity contribution in [2.75, 3.05) is 6.54 Å². The smallest absolute Gasteiger partial charge is 0.410 e. The maximum absolute atomic E-state index is 11.9. The third kappa shape index (κ3) is 3.07. The Morgan fingerprint density at radius 2 is 2.11 bits per heavy atom. The Balaban J connectivity index is 2.09. The van der Waals surface area contributed by atoms with Crippen molar-refractivity contribution >= 4 is 12.1 Å². The summed E-state index contributed by atoms with van der Waals surface area (Å²) in [4.78, 5) is 27.2. The number of carbonyl (C=O) groups excluding carboxylic acids is 1. The van der Waals surface area contributed by atoms with Crippen molar-refractivity contribution in [1.82, 2.24) is 9.88 Å². The predicted octanol–water partition coefficient (Wildman–Crippen LogP) is 2.01. The van der Waals surface area contributed by atoms with Gasteiger partial charge in [-0.15, -0.1) is 0 Å². The van der Waals surface area contributed by atoms with Gasteiger partial charge in [-0.1, -0.05) is 0 Å². The van der Waals surface area contributed by atoms with Crippen LogP contribution >= 0.6 is 0 Å². The lowest BCUT2D eigenvalue weighted by Crippen LogP contribution is -2.39. The molecule has 0 radical (unpaired) electrons. The van der Waals surface area contributed by atoms with Crippen molar-refractivity contribution in [3.63, 3.8) is 0 Å². The van der Waals surface area contributed by atoms with E-state index < -0.39 is 11.6 Å². The fourth-order valence-corrected chi connectivity index (χ4v) is 2.03. The fraction of sp³-hybridized carbons (Fsp3) is 0.538. The molecule has 19 heavy (non-hydrogen) atoms. The maximum atomic E-state index is 11.9. The van der Waals surface area contributed by atoms with Crippen molar-refractivity contribution < 1.29 is 19.4 Å². The Labute approximate surface area is 111 Å².